The highest BCUT2D eigenvalue weighted by molar-refractivity contribution is 6.07. The van der Waals surface area contributed by atoms with Gasteiger partial charge in [0.2, 0.25) is 0 Å². The lowest BCUT2D eigenvalue weighted by atomic mass is 10.1. The van der Waals surface area contributed by atoms with E-state index in [1.54, 1.807) is 0 Å². The van der Waals surface area contributed by atoms with Crippen molar-refractivity contribution in [2.45, 2.75) is 6.18 Å². The maximum Gasteiger partial charge on any atom is 0.435 e. The number of nitrogens with one attached hydrogen (secondary N) is 1. The molecule has 0 aliphatic carbocycles. The van der Waals surface area contributed by atoms with Crippen LogP contribution in [0.3, 0.4) is 0 Å². The van der Waals surface area contributed by atoms with E-state index in [0.29, 0.717) is 0 Å². The van der Waals surface area contributed by atoms with Crippen molar-refractivity contribution in [2.75, 3.05) is 11.1 Å². The number of aromatic nitrogens is 3. The number of anilines is 2. The van der Waals surface area contributed by atoms with Gasteiger partial charge in [0.25, 0.3) is 5.91 Å². The lowest BCUT2D eigenvalue weighted by Gasteiger charge is -2.10. The number of nitrogen functional groups attached to an aromatic ring is 1. The molecule has 0 radical (unpaired) electrons. The summed E-state index contributed by atoms with van der Waals surface area (Å²) in [7, 11) is 1.32. The van der Waals surface area contributed by atoms with E-state index < -0.39 is 23.6 Å². The Kier molecular flexibility index (Phi) is 4.56. The second kappa shape index (κ2) is 6.71. The number of nitrogens with zero attached hydrogens (tertiary/aromatic N) is 3. The number of alkyl halides is 3. The van der Waals surface area contributed by atoms with Crippen molar-refractivity contribution in [2.24, 2.45) is 7.05 Å². The van der Waals surface area contributed by atoms with Gasteiger partial charge in [0, 0.05) is 18.3 Å². The van der Waals surface area contributed by atoms with Crippen LogP contribution in [0.4, 0.5) is 29.1 Å². The van der Waals surface area contributed by atoms with Crippen LogP contribution in [0.15, 0.2) is 42.5 Å². The maximum atomic E-state index is 13.0. The third-order valence-corrected chi connectivity index (χ3v) is 3.68. The minimum absolute atomic E-state index is 0.0150. The molecular formula is C17H13F4N5O. The molecule has 0 atom stereocenters. The van der Waals surface area contributed by atoms with E-state index in [9.17, 15) is 22.4 Å². The molecule has 6 nitrogen and oxygen atoms in total. The van der Waals surface area contributed by atoms with E-state index in [1.165, 1.54) is 31.3 Å². The summed E-state index contributed by atoms with van der Waals surface area (Å²) in [6, 6.07) is 8.56. The molecule has 0 spiro atoms. The Labute approximate surface area is 150 Å². The smallest absolute Gasteiger partial charge is 0.384 e. The van der Waals surface area contributed by atoms with Crippen LogP contribution >= 0.6 is 0 Å². The van der Waals surface area contributed by atoms with Gasteiger partial charge in [-0.2, -0.15) is 18.3 Å². The van der Waals surface area contributed by atoms with Gasteiger partial charge in [-0.1, -0.05) is 0 Å². The van der Waals surface area contributed by atoms with Crippen LogP contribution in [-0.4, -0.2) is 20.7 Å². The maximum absolute atomic E-state index is 13.0. The normalized spacial score (nSPS) is 11.4. The van der Waals surface area contributed by atoms with Gasteiger partial charge >= 0.3 is 6.18 Å². The Morgan fingerprint density at radius 1 is 1.15 bits per heavy atom. The van der Waals surface area contributed by atoms with E-state index in [-0.39, 0.29) is 28.5 Å². The first-order valence-corrected chi connectivity index (χ1v) is 7.60. The lowest BCUT2D eigenvalue weighted by Crippen LogP contribution is -2.16. The molecule has 10 heteroatoms. The van der Waals surface area contributed by atoms with Gasteiger partial charge in [0.15, 0.2) is 5.69 Å². The minimum Gasteiger partial charge on any atom is -0.384 e. The third-order valence-electron chi connectivity index (χ3n) is 3.68. The number of aryl methyl sites for hydroxylation is 1. The molecule has 27 heavy (non-hydrogen) atoms. The number of amides is 1. The molecule has 2 aromatic heterocycles. The second-order valence-electron chi connectivity index (χ2n) is 5.63. The molecule has 0 bridgehead atoms. The first kappa shape index (κ1) is 18.4. The number of hydrogen-bond donors (Lipinski definition) is 2. The Bertz CT molecular complexity index is 996. The summed E-state index contributed by atoms with van der Waals surface area (Å²) in [6.45, 7) is 0. The highest BCUT2D eigenvalue weighted by Gasteiger charge is 2.35. The van der Waals surface area contributed by atoms with Crippen molar-refractivity contribution >= 4 is 17.4 Å². The van der Waals surface area contributed by atoms with E-state index >= 15 is 0 Å². The van der Waals surface area contributed by atoms with Crippen LogP contribution < -0.4 is 11.1 Å². The average molecular weight is 379 g/mol. The molecule has 3 rings (SSSR count). The Morgan fingerprint density at radius 2 is 1.81 bits per heavy atom. The highest BCUT2D eigenvalue weighted by atomic mass is 19.4. The molecule has 0 saturated carbocycles. The van der Waals surface area contributed by atoms with Crippen LogP contribution in [0.2, 0.25) is 0 Å². The zero-order valence-corrected chi connectivity index (χ0v) is 13.9. The number of benzene rings is 1. The van der Waals surface area contributed by atoms with Crippen LogP contribution in [0.25, 0.3) is 11.3 Å². The van der Waals surface area contributed by atoms with Gasteiger partial charge in [-0.3, -0.25) is 9.48 Å². The Morgan fingerprint density at radius 3 is 2.41 bits per heavy atom. The number of pyridine rings is 1. The number of carbonyl (C=O) groups is 1. The van der Waals surface area contributed by atoms with Crippen molar-refractivity contribution in [3.8, 4) is 11.3 Å². The van der Waals surface area contributed by atoms with Gasteiger partial charge in [-0.25, -0.2) is 9.37 Å². The van der Waals surface area contributed by atoms with E-state index in [1.807, 2.05) is 0 Å². The van der Waals surface area contributed by atoms with Gasteiger partial charge in [-0.15, -0.1) is 0 Å². The number of rotatable bonds is 3. The molecule has 0 unspecified atom stereocenters. The van der Waals surface area contributed by atoms with Crippen molar-refractivity contribution in [3.05, 3.63) is 59.7 Å². The van der Waals surface area contributed by atoms with Crippen LogP contribution in [0.5, 0.6) is 0 Å². The predicted octanol–water partition coefficient (Wildman–Crippen LogP) is 3.47. The Balaban J connectivity index is 2.02. The SMILES string of the molecule is Cn1nc(C(F)(F)F)cc1-c1ccc(N)nc1C(=O)Nc1ccc(F)cc1. The number of halogens is 4. The molecule has 1 aromatic carbocycles. The number of carbonyl (C=O) groups excluding carboxylic acids is 1. The van der Waals surface area contributed by atoms with Crippen molar-refractivity contribution < 1.29 is 22.4 Å². The van der Waals surface area contributed by atoms with E-state index in [0.717, 1.165) is 22.9 Å². The summed E-state index contributed by atoms with van der Waals surface area (Å²) in [6.07, 6.45) is -4.63. The lowest BCUT2D eigenvalue weighted by molar-refractivity contribution is -0.141. The first-order chi connectivity index (χ1) is 12.6. The third kappa shape index (κ3) is 3.89. The molecule has 3 aromatic rings. The summed E-state index contributed by atoms with van der Waals surface area (Å²) in [5.74, 6) is -1.18. The molecule has 0 aliphatic heterocycles. The van der Waals surface area contributed by atoms with Gasteiger partial charge in [0.05, 0.1) is 5.69 Å². The summed E-state index contributed by atoms with van der Waals surface area (Å²) < 4.78 is 52.7. The quantitative estimate of drug-likeness (QED) is 0.683. The van der Waals surface area contributed by atoms with Gasteiger partial charge < -0.3 is 11.1 Å². The summed E-state index contributed by atoms with van der Waals surface area (Å²) in [5.41, 5.74) is 4.80. The molecule has 1 amide bonds. The topological polar surface area (TPSA) is 85.8 Å². The highest BCUT2D eigenvalue weighted by Crippen LogP contribution is 2.32. The zero-order chi connectivity index (χ0) is 19.8. The molecule has 0 aliphatic rings. The molecule has 140 valence electrons. The summed E-state index contributed by atoms with van der Waals surface area (Å²) in [4.78, 5) is 16.5. The zero-order valence-electron chi connectivity index (χ0n) is 13.9. The van der Waals surface area contributed by atoms with Crippen molar-refractivity contribution in [1.29, 1.82) is 0 Å². The van der Waals surface area contributed by atoms with Gasteiger partial charge in [0.1, 0.15) is 17.3 Å². The molecule has 0 fully saturated rings. The van der Waals surface area contributed by atoms with Crippen LogP contribution in [0.1, 0.15) is 16.2 Å². The van der Waals surface area contributed by atoms with E-state index in [2.05, 4.69) is 15.4 Å². The minimum atomic E-state index is -4.63. The number of nitrogens with two attached hydrogens (primary N) is 1. The predicted molar refractivity (Wildman–Crippen MR) is 90.2 cm³/mol. The molecule has 2 heterocycles. The standard InChI is InChI=1S/C17H13F4N5O/c1-26-12(8-13(25-26)17(19,20)21)11-6-7-14(22)24-15(11)16(27)23-10-4-2-9(18)3-5-10/h2-8H,1H3,(H2,22,24)(H,23,27). The monoisotopic (exact) mass is 379 g/mol. The Hall–Kier alpha value is -3.43. The fraction of sp³-hybridized carbons (Fsp3) is 0.118. The first-order valence-electron chi connectivity index (χ1n) is 7.60. The fourth-order valence-corrected chi connectivity index (χ4v) is 2.44. The molecule has 0 saturated heterocycles. The summed E-state index contributed by atoms with van der Waals surface area (Å²) >= 11 is 0. The number of hydrogen-bond acceptors (Lipinski definition) is 4. The van der Waals surface area contributed by atoms with E-state index in [4.69, 9.17) is 5.73 Å². The van der Waals surface area contributed by atoms with Crippen molar-refractivity contribution in [1.82, 2.24) is 14.8 Å². The molecular weight excluding hydrogens is 366 g/mol. The largest absolute Gasteiger partial charge is 0.435 e. The van der Waals surface area contributed by atoms with Crippen LogP contribution in [-0.2, 0) is 13.2 Å². The fourth-order valence-electron chi connectivity index (χ4n) is 2.44. The second-order valence-corrected chi connectivity index (χ2v) is 5.63. The molecule has 3 N–H and O–H groups in total. The van der Waals surface area contributed by atoms with Crippen LogP contribution in [0, 0.1) is 5.82 Å². The summed E-state index contributed by atoms with van der Waals surface area (Å²) in [5, 5.41) is 5.94. The van der Waals surface area contributed by atoms with Gasteiger partial charge in [-0.05, 0) is 42.5 Å². The van der Waals surface area contributed by atoms with Crippen molar-refractivity contribution in [3.63, 3.8) is 0 Å². The average Bonchev–Trinajstić information content (AvgIpc) is 2.99.